The molecule has 4 nitrogen and oxygen atoms in total. The van der Waals surface area contributed by atoms with Gasteiger partial charge in [-0.2, -0.15) is 0 Å². The largest absolute Gasteiger partial charge is 0.490 e. The van der Waals surface area contributed by atoms with Crippen LogP contribution in [0.3, 0.4) is 0 Å². The van der Waals surface area contributed by atoms with Gasteiger partial charge in [0.15, 0.2) is 11.5 Å². The van der Waals surface area contributed by atoms with E-state index in [4.69, 9.17) is 15.2 Å². The van der Waals surface area contributed by atoms with Crippen LogP contribution < -0.4 is 15.2 Å². The fraction of sp³-hybridized carbons (Fsp3) is 0.600. The molecule has 0 radical (unpaired) electrons. The van der Waals surface area contributed by atoms with Gasteiger partial charge in [-0.05, 0) is 38.6 Å². The van der Waals surface area contributed by atoms with Crippen LogP contribution in [0.15, 0.2) is 18.2 Å². The van der Waals surface area contributed by atoms with E-state index in [2.05, 4.69) is 37.9 Å². The first-order chi connectivity index (χ1) is 9.03. The second-order valence-electron chi connectivity index (χ2n) is 5.70. The molecule has 106 valence electrons. The first kappa shape index (κ1) is 14.2. The maximum Gasteiger partial charge on any atom is 0.161 e. The van der Waals surface area contributed by atoms with Crippen molar-refractivity contribution >= 4 is 0 Å². The number of hydrogen-bond donors (Lipinski definition) is 1. The predicted octanol–water partition coefficient (Wildman–Crippen LogP) is 2.02. The highest BCUT2D eigenvalue weighted by Gasteiger charge is 2.22. The lowest BCUT2D eigenvalue weighted by Gasteiger charge is -2.34. The molecule has 0 bridgehead atoms. The van der Waals surface area contributed by atoms with E-state index < -0.39 is 0 Å². The van der Waals surface area contributed by atoms with E-state index in [-0.39, 0.29) is 5.54 Å². The Morgan fingerprint density at radius 1 is 1.21 bits per heavy atom. The van der Waals surface area contributed by atoms with Crippen molar-refractivity contribution in [1.29, 1.82) is 0 Å². The number of nitrogens with zero attached hydrogens (tertiary/aromatic N) is 1. The van der Waals surface area contributed by atoms with E-state index in [1.807, 2.05) is 6.07 Å². The number of benzene rings is 1. The molecule has 2 rings (SSSR count). The fourth-order valence-corrected chi connectivity index (χ4v) is 1.95. The van der Waals surface area contributed by atoms with Crippen LogP contribution in [0.4, 0.5) is 0 Å². The molecule has 0 unspecified atom stereocenters. The van der Waals surface area contributed by atoms with Crippen LogP contribution in [0.2, 0.25) is 0 Å². The third-order valence-corrected chi connectivity index (χ3v) is 3.76. The molecule has 2 N–H and O–H groups in total. The number of rotatable bonds is 4. The van der Waals surface area contributed by atoms with Gasteiger partial charge in [0, 0.05) is 25.0 Å². The molecule has 1 aliphatic heterocycles. The summed E-state index contributed by atoms with van der Waals surface area (Å²) >= 11 is 0. The molecule has 0 aromatic heterocycles. The molecule has 1 heterocycles. The summed E-state index contributed by atoms with van der Waals surface area (Å²) in [4.78, 5) is 2.26. The average molecular weight is 264 g/mol. The monoisotopic (exact) mass is 264 g/mol. The minimum absolute atomic E-state index is 0.00977. The SMILES string of the molecule is CN(Cc1ccc2c(c1)OCCCO2)C(C)(C)CN. The Kier molecular flexibility index (Phi) is 4.32. The number of likely N-dealkylation sites (N-methyl/N-ethyl adjacent to an activating group) is 1. The summed E-state index contributed by atoms with van der Waals surface area (Å²) in [5.41, 5.74) is 7.01. The molecule has 1 aliphatic rings. The molecular formula is C15H24N2O2. The quantitative estimate of drug-likeness (QED) is 0.904. The molecule has 1 aromatic carbocycles. The van der Waals surface area contributed by atoms with Crippen molar-refractivity contribution in [2.45, 2.75) is 32.4 Å². The lowest BCUT2D eigenvalue weighted by molar-refractivity contribution is 0.155. The molecular weight excluding hydrogens is 240 g/mol. The van der Waals surface area contributed by atoms with Gasteiger partial charge in [-0.3, -0.25) is 4.90 Å². The first-order valence-electron chi connectivity index (χ1n) is 6.83. The molecule has 0 saturated heterocycles. The first-order valence-corrected chi connectivity index (χ1v) is 6.83. The van der Waals surface area contributed by atoms with Gasteiger partial charge in [-0.15, -0.1) is 0 Å². The van der Waals surface area contributed by atoms with E-state index in [1.54, 1.807) is 0 Å². The van der Waals surface area contributed by atoms with Crippen LogP contribution in [-0.2, 0) is 6.54 Å². The highest BCUT2D eigenvalue weighted by atomic mass is 16.5. The van der Waals surface area contributed by atoms with Gasteiger partial charge >= 0.3 is 0 Å². The molecule has 4 heteroatoms. The van der Waals surface area contributed by atoms with Crippen LogP contribution in [0.5, 0.6) is 11.5 Å². The highest BCUT2D eigenvalue weighted by molar-refractivity contribution is 5.43. The Morgan fingerprint density at radius 3 is 2.58 bits per heavy atom. The summed E-state index contributed by atoms with van der Waals surface area (Å²) in [7, 11) is 2.09. The predicted molar refractivity (Wildman–Crippen MR) is 76.6 cm³/mol. The van der Waals surface area contributed by atoms with E-state index >= 15 is 0 Å². The summed E-state index contributed by atoms with van der Waals surface area (Å²) in [5, 5.41) is 0. The van der Waals surface area contributed by atoms with Gasteiger partial charge in [0.2, 0.25) is 0 Å². The Bertz CT molecular complexity index is 432. The summed E-state index contributed by atoms with van der Waals surface area (Å²) in [6.07, 6.45) is 0.935. The Labute approximate surface area is 115 Å². The molecule has 0 atom stereocenters. The minimum atomic E-state index is -0.00977. The van der Waals surface area contributed by atoms with Gasteiger partial charge in [-0.1, -0.05) is 6.07 Å². The molecule has 0 fully saturated rings. The summed E-state index contributed by atoms with van der Waals surface area (Å²) in [6, 6.07) is 6.17. The van der Waals surface area contributed by atoms with Crippen molar-refractivity contribution in [2.24, 2.45) is 5.73 Å². The van der Waals surface area contributed by atoms with Crippen LogP contribution in [0.25, 0.3) is 0 Å². The third-order valence-electron chi connectivity index (χ3n) is 3.76. The minimum Gasteiger partial charge on any atom is -0.490 e. The van der Waals surface area contributed by atoms with Crippen molar-refractivity contribution < 1.29 is 9.47 Å². The number of ether oxygens (including phenoxy) is 2. The summed E-state index contributed by atoms with van der Waals surface area (Å²) in [5.74, 6) is 1.70. The van der Waals surface area contributed by atoms with Crippen LogP contribution in [0.1, 0.15) is 25.8 Å². The molecule has 0 spiro atoms. The normalized spacial score (nSPS) is 15.4. The zero-order chi connectivity index (χ0) is 13.9. The van der Waals surface area contributed by atoms with Gasteiger partial charge in [0.1, 0.15) is 0 Å². The standard InChI is InChI=1S/C15H24N2O2/c1-15(2,11-16)17(3)10-12-5-6-13-14(9-12)19-8-4-7-18-13/h5-6,9H,4,7-8,10-11,16H2,1-3H3. The van der Waals surface area contributed by atoms with Gasteiger partial charge in [0.25, 0.3) is 0 Å². The lowest BCUT2D eigenvalue weighted by Crippen LogP contribution is -2.46. The summed E-state index contributed by atoms with van der Waals surface area (Å²) in [6.45, 7) is 7.23. The topological polar surface area (TPSA) is 47.7 Å². The van der Waals surface area contributed by atoms with Gasteiger partial charge in [-0.25, -0.2) is 0 Å². The molecule has 0 aliphatic carbocycles. The van der Waals surface area contributed by atoms with Crippen LogP contribution >= 0.6 is 0 Å². The smallest absolute Gasteiger partial charge is 0.161 e. The number of nitrogens with two attached hydrogens (primary N) is 1. The number of hydrogen-bond acceptors (Lipinski definition) is 4. The average Bonchev–Trinajstić information content (AvgIpc) is 2.63. The fourth-order valence-electron chi connectivity index (χ4n) is 1.95. The molecule has 0 amide bonds. The van der Waals surface area contributed by atoms with E-state index in [0.29, 0.717) is 6.54 Å². The Balaban J connectivity index is 2.12. The zero-order valence-corrected chi connectivity index (χ0v) is 12.1. The third kappa shape index (κ3) is 3.39. The van der Waals surface area contributed by atoms with Crippen molar-refractivity contribution in [2.75, 3.05) is 26.8 Å². The molecule has 1 aromatic rings. The highest BCUT2D eigenvalue weighted by Crippen LogP contribution is 2.31. The van der Waals surface area contributed by atoms with Crippen molar-refractivity contribution in [3.8, 4) is 11.5 Å². The van der Waals surface area contributed by atoms with Gasteiger partial charge < -0.3 is 15.2 Å². The van der Waals surface area contributed by atoms with Crippen molar-refractivity contribution in [3.05, 3.63) is 23.8 Å². The second-order valence-corrected chi connectivity index (χ2v) is 5.70. The number of fused-ring (bicyclic) bond motifs is 1. The van der Waals surface area contributed by atoms with Crippen LogP contribution in [0, 0.1) is 0 Å². The Morgan fingerprint density at radius 2 is 1.89 bits per heavy atom. The Hall–Kier alpha value is -1.26. The lowest BCUT2D eigenvalue weighted by atomic mass is 10.0. The van der Waals surface area contributed by atoms with E-state index in [0.717, 1.165) is 37.7 Å². The van der Waals surface area contributed by atoms with Crippen LogP contribution in [-0.4, -0.2) is 37.2 Å². The second kappa shape index (κ2) is 5.80. The molecule has 0 saturated carbocycles. The van der Waals surface area contributed by atoms with Crippen molar-refractivity contribution in [1.82, 2.24) is 4.90 Å². The van der Waals surface area contributed by atoms with E-state index in [1.165, 1.54) is 5.56 Å². The zero-order valence-electron chi connectivity index (χ0n) is 12.1. The maximum atomic E-state index is 5.81. The van der Waals surface area contributed by atoms with Gasteiger partial charge in [0.05, 0.1) is 13.2 Å². The summed E-state index contributed by atoms with van der Waals surface area (Å²) < 4.78 is 11.4. The van der Waals surface area contributed by atoms with Crippen molar-refractivity contribution in [3.63, 3.8) is 0 Å². The maximum absolute atomic E-state index is 5.81. The van der Waals surface area contributed by atoms with E-state index in [9.17, 15) is 0 Å². The molecule has 19 heavy (non-hydrogen) atoms.